The molecule has 0 heterocycles. The predicted octanol–water partition coefficient (Wildman–Crippen LogP) is 2.32. The van der Waals surface area contributed by atoms with E-state index in [1.165, 1.54) is 12.1 Å². The minimum absolute atomic E-state index is 0.0811. The van der Waals surface area contributed by atoms with Gasteiger partial charge in [-0.1, -0.05) is 19.9 Å². The third-order valence-electron chi connectivity index (χ3n) is 2.35. The van der Waals surface area contributed by atoms with E-state index in [0.29, 0.717) is 18.2 Å². The van der Waals surface area contributed by atoms with Crippen LogP contribution >= 0.6 is 0 Å². The molecule has 0 aliphatic heterocycles. The number of nitrogens with one attached hydrogen (secondary N) is 2. The van der Waals surface area contributed by atoms with Crippen molar-refractivity contribution in [3.8, 4) is 0 Å². The molecule has 4 heteroatoms. The number of hydrogen-bond acceptors (Lipinski definition) is 2. The standard InChI is InChI=1S/C13H19FN2O/c1-9(2)7-16-13(17)8-15-12-6-11(14)5-4-10(12)3/h4-6,9,15H,7-8H2,1-3H3,(H,16,17). The van der Waals surface area contributed by atoms with E-state index < -0.39 is 0 Å². The first-order chi connectivity index (χ1) is 7.99. The molecule has 1 aromatic rings. The largest absolute Gasteiger partial charge is 0.376 e. The van der Waals surface area contributed by atoms with Crippen LogP contribution in [0, 0.1) is 18.7 Å². The van der Waals surface area contributed by atoms with E-state index >= 15 is 0 Å². The number of carbonyl (C=O) groups excluding carboxylic acids is 1. The van der Waals surface area contributed by atoms with Gasteiger partial charge in [0.25, 0.3) is 0 Å². The van der Waals surface area contributed by atoms with Gasteiger partial charge in [0.1, 0.15) is 5.82 Å². The zero-order chi connectivity index (χ0) is 12.8. The molecule has 1 aromatic carbocycles. The van der Waals surface area contributed by atoms with Crippen LogP contribution < -0.4 is 10.6 Å². The maximum atomic E-state index is 13.0. The lowest BCUT2D eigenvalue weighted by molar-refractivity contribution is -0.119. The highest BCUT2D eigenvalue weighted by molar-refractivity contribution is 5.80. The van der Waals surface area contributed by atoms with Gasteiger partial charge in [0, 0.05) is 12.2 Å². The van der Waals surface area contributed by atoms with Gasteiger partial charge in [0.05, 0.1) is 6.54 Å². The van der Waals surface area contributed by atoms with Crippen molar-refractivity contribution >= 4 is 11.6 Å². The number of halogens is 1. The van der Waals surface area contributed by atoms with Gasteiger partial charge in [-0.2, -0.15) is 0 Å². The second kappa shape index (κ2) is 6.23. The molecule has 0 unspecified atom stereocenters. The number of anilines is 1. The Kier molecular flexibility index (Phi) is 4.94. The Hall–Kier alpha value is -1.58. The van der Waals surface area contributed by atoms with Gasteiger partial charge >= 0.3 is 0 Å². The van der Waals surface area contributed by atoms with Gasteiger partial charge in [-0.05, 0) is 30.5 Å². The molecule has 0 spiro atoms. The van der Waals surface area contributed by atoms with Crippen LogP contribution in [0.4, 0.5) is 10.1 Å². The van der Waals surface area contributed by atoms with Crippen LogP contribution in [0.25, 0.3) is 0 Å². The Morgan fingerprint density at radius 1 is 1.41 bits per heavy atom. The molecule has 0 aromatic heterocycles. The molecule has 0 saturated carbocycles. The van der Waals surface area contributed by atoms with E-state index in [9.17, 15) is 9.18 Å². The van der Waals surface area contributed by atoms with Gasteiger partial charge in [-0.3, -0.25) is 4.79 Å². The van der Waals surface area contributed by atoms with Gasteiger partial charge in [0.2, 0.25) is 5.91 Å². The smallest absolute Gasteiger partial charge is 0.239 e. The van der Waals surface area contributed by atoms with Gasteiger partial charge in [-0.25, -0.2) is 4.39 Å². The van der Waals surface area contributed by atoms with Crippen molar-refractivity contribution in [3.05, 3.63) is 29.6 Å². The van der Waals surface area contributed by atoms with Gasteiger partial charge in [-0.15, -0.1) is 0 Å². The summed E-state index contributed by atoms with van der Waals surface area (Å²) in [6.07, 6.45) is 0. The van der Waals surface area contributed by atoms with Crippen molar-refractivity contribution in [1.82, 2.24) is 5.32 Å². The first-order valence-corrected chi connectivity index (χ1v) is 5.75. The van der Waals surface area contributed by atoms with Gasteiger partial charge < -0.3 is 10.6 Å². The second-order valence-corrected chi connectivity index (χ2v) is 4.51. The second-order valence-electron chi connectivity index (χ2n) is 4.51. The SMILES string of the molecule is Cc1ccc(F)cc1NCC(=O)NCC(C)C. The zero-order valence-electron chi connectivity index (χ0n) is 10.5. The highest BCUT2D eigenvalue weighted by Gasteiger charge is 2.04. The number of amides is 1. The third-order valence-corrected chi connectivity index (χ3v) is 2.35. The van der Waals surface area contributed by atoms with Crippen molar-refractivity contribution in [1.29, 1.82) is 0 Å². The van der Waals surface area contributed by atoms with Crippen molar-refractivity contribution in [2.45, 2.75) is 20.8 Å². The molecule has 0 aliphatic rings. The van der Waals surface area contributed by atoms with Gasteiger partial charge in [0.15, 0.2) is 0 Å². The fourth-order valence-corrected chi connectivity index (χ4v) is 1.34. The van der Waals surface area contributed by atoms with Crippen LogP contribution in [0.5, 0.6) is 0 Å². The molecule has 94 valence electrons. The van der Waals surface area contributed by atoms with E-state index in [2.05, 4.69) is 10.6 Å². The number of aryl methyl sites for hydroxylation is 1. The number of carbonyl (C=O) groups is 1. The molecule has 1 amide bonds. The summed E-state index contributed by atoms with van der Waals surface area (Å²) < 4.78 is 13.0. The Labute approximate surface area is 101 Å². The van der Waals surface area contributed by atoms with Crippen molar-refractivity contribution in [2.75, 3.05) is 18.4 Å². The highest BCUT2D eigenvalue weighted by Crippen LogP contribution is 2.15. The van der Waals surface area contributed by atoms with Crippen LogP contribution in [0.1, 0.15) is 19.4 Å². The van der Waals surface area contributed by atoms with E-state index in [1.54, 1.807) is 6.07 Å². The molecule has 0 saturated heterocycles. The van der Waals surface area contributed by atoms with E-state index in [-0.39, 0.29) is 18.3 Å². The summed E-state index contributed by atoms with van der Waals surface area (Å²) >= 11 is 0. The Bertz CT molecular complexity index is 391. The summed E-state index contributed by atoms with van der Waals surface area (Å²) in [5.74, 6) is 0.0397. The molecule has 0 atom stereocenters. The van der Waals surface area contributed by atoms with Crippen LogP contribution in [-0.2, 0) is 4.79 Å². The van der Waals surface area contributed by atoms with Crippen LogP contribution in [-0.4, -0.2) is 19.0 Å². The van der Waals surface area contributed by atoms with E-state index in [4.69, 9.17) is 0 Å². The summed E-state index contributed by atoms with van der Waals surface area (Å²) in [7, 11) is 0. The molecule has 0 fully saturated rings. The number of rotatable bonds is 5. The summed E-state index contributed by atoms with van der Waals surface area (Å²) in [6, 6.07) is 4.48. The minimum Gasteiger partial charge on any atom is -0.376 e. The molecule has 2 N–H and O–H groups in total. The lowest BCUT2D eigenvalue weighted by Crippen LogP contribution is -2.32. The lowest BCUT2D eigenvalue weighted by atomic mass is 10.2. The van der Waals surface area contributed by atoms with Crippen LogP contribution in [0.15, 0.2) is 18.2 Å². The van der Waals surface area contributed by atoms with Crippen molar-refractivity contribution in [3.63, 3.8) is 0 Å². The minimum atomic E-state index is -0.305. The molecule has 3 nitrogen and oxygen atoms in total. The lowest BCUT2D eigenvalue weighted by Gasteiger charge is -2.11. The van der Waals surface area contributed by atoms with Crippen molar-refractivity contribution < 1.29 is 9.18 Å². The quantitative estimate of drug-likeness (QED) is 0.826. The Morgan fingerprint density at radius 2 is 2.12 bits per heavy atom. The zero-order valence-corrected chi connectivity index (χ0v) is 10.5. The molecular formula is C13H19FN2O. The molecule has 0 aliphatic carbocycles. The monoisotopic (exact) mass is 238 g/mol. The maximum absolute atomic E-state index is 13.0. The molecule has 0 radical (unpaired) electrons. The molecule has 0 bridgehead atoms. The normalized spacial score (nSPS) is 10.4. The molecule has 1 rings (SSSR count). The van der Waals surface area contributed by atoms with Crippen LogP contribution in [0.3, 0.4) is 0 Å². The molecule has 17 heavy (non-hydrogen) atoms. The summed E-state index contributed by atoms with van der Waals surface area (Å²) in [5.41, 5.74) is 1.58. The Morgan fingerprint density at radius 3 is 2.76 bits per heavy atom. The van der Waals surface area contributed by atoms with E-state index in [0.717, 1.165) is 5.56 Å². The summed E-state index contributed by atoms with van der Waals surface area (Å²) in [6.45, 7) is 6.75. The summed E-state index contributed by atoms with van der Waals surface area (Å²) in [5, 5.41) is 5.72. The number of hydrogen-bond donors (Lipinski definition) is 2. The first-order valence-electron chi connectivity index (χ1n) is 5.75. The first kappa shape index (κ1) is 13.5. The maximum Gasteiger partial charge on any atom is 0.239 e. The third kappa shape index (κ3) is 4.85. The fourth-order valence-electron chi connectivity index (χ4n) is 1.34. The average Bonchev–Trinajstić information content (AvgIpc) is 2.27. The molecular weight excluding hydrogens is 219 g/mol. The average molecular weight is 238 g/mol. The predicted molar refractivity (Wildman–Crippen MR) is 67.5 cm³/mol. The topological polar surface area (TPSA) is 41.1 Å². The number of benzene rings is 1. The van der Waals surface area contributed by atoms with Crippen LogP contribution in [0.2, 0.25) is 0 Å². The van der Waals surface area contributed by atoms with E-state index in [1.807, 2.05) is 20.8 Å². The van der Waals surface area contributed by atoms with Crippen molar-refractivity contribution in [2.24, 2.45) is 5.92 Å². The Balaban J connectivity index is 2.44. The fraction of sp³-hybridized carbons (Fsp3) is 0.462. The summed E-state index contributed by atoms with van der Waals surface area (Å²) in [4.78, 5) is 11.4. The highest BCUT2D eigenvalue weighted by atomic mass is 19.1.